The van der Waals surface area contributed by atoms with E-state index in [-0.39, 0.29) is 12.3 Å². The zero-order chi connectivity index (χ0) is 14.3. The van der Waals surface area contributed by atoms with Gasteiger partial charge in [-0.2, -0.15) is 0 Å². The molecule has 0 spiro atoms. The van der Waals surface area contributed by atoms with Crippen molar-refractivity contribution in [3.63, 3.8) is 0 Å². The van der Waals surface area contributed by atoms with Gasteiger partial charge in [0, 0.05) is 12.0 Å². The van der Waals surface area contributed by atoms with Gasteiger partial charge in [0.1, 0.15) is 5.00 Å². The molecule has 1 amide bonds. The predicted octanol–water partition coefficient (Wildman–Crippen LogP) is 2.46. The lowest BCUT2D eigenvalue weighted by atomic mass is 10.2. The molecule has 1 N–H and O–H groups in total. The van der Waals surface area contributed by atoms with Crippen LogP contribution in [0.5, 0.6) is 0 Å². The fourth-order valence-electron chi connectivity index (χ4n) is 1.45. The molecule has 0 saturated carbocycles. The molecule has 0 aliphatic rings. The fraction of sp³-hybridized carbons (Fsp3) is 0.538. The van der Waals surface area contributed by atoms with Gasteiger partial charge in [-0.3, -0.25) is 4.79 Å². The average Bonchev–Trinajstić information content (AvgIpc) is 2.79. The number of thiophene rings is 1. The SMILES string of the molecule is CCOC(=O)c1cc(CC)sc1NC(=O)CCOC. The zero-order valence-electron chi connectivity index (χ0n) is 11.4. The number of aryl methyl sites for hydroxylation is 1. The highest BCUT2D eigenvalue weighted by Crippen LogP contribution is 2.29. The third-order valence-electron chi connectivity index (χ3n) is 2.41. The van der Waals surface area contributed by atoms with Crippen LogP contribution < -0.4 is 5.32 Å². The lowest BCUT2D eigenvalue weighted by Crippen LogP contribution is -2.15. The van der Waals surface area contributed by atoms with Gasteiger partial charge in [-0.25, -0.2) is 4.79 Å². The molecular formula is C13H19NO4S. The van der Waals surface area contributed by atoms with Gasteiger partial charge < -0.3 is 14.8 Å². The molecule has 0 bridgehead atoms. The first kappa shape index (κ1) is 15.7. The minimum atomic E-state index is -0.402. The molecule has 0 radical (unpaired) electrons. The number of carbonyl (C=O) groups is 2. The second-order valence-corrected chi connectivity index (χ2v) is 4.96. The normalized spacial score (nSPS) is 10.3. The number of ether oxygens (including phenoxy) is 2. The Morgan fingerprint density at radius 3 is 2.68 bits per heavy atom. The molecule has 1 aromatic rings. The topological polar surface area (TPSA) is 64.6 Å². The van der Waals surface area contributed by atoms with Crippen LogP contribution in [0.25, 0.3) is 0 Å². The summed E-state index contributed by atoms with van der Waals surface area (Å²) in [5.74, 6) is -0.572. The summed E-state index contributed by atoms with van der Waals surface area (Å²) >= 11 is 1.40. The van der Waals surface area contributed by atoms with Crippen molar-refractivity contribution in [1.29, 1.82) is 0 Å². The van der Waals surface area contributed by atoms with E-state index in [1.54, 1.807) is 13.0 Å². The van der Waals surface area contributed by atoms with Gasteiger partial charge in [0.15, 0.2) is 0 Å². The molecule has 1 aromatic heterocycles. The van der Waals surface area contributed by atoms with Crippen molar-refractivity contribution in [3.05, 3.63) is 16.5 Å². The van der Waals surface area contributed by atoms with E-state index >= 15 is 0 Å². The summed E-state index contributed by atoms with van der Waals surface area (Å²) < 4.78 is 9.82. The van der Waals surface area contributed by atoms with Gasteiger partial charge in [-0.05, 0) is 19.4 Å². The van der Waals surface area contributed by atoms with Crippen LogP contribution in [0.15, 0.2) is 6.07 Å². The molecule has 1 rings (SSSR count). The monoisotopic (exact) mass is 285 g/mol. The van der Waals surface area contributed by atoms with E-state index in [0.29, 0.717) is 23.8 Å². The Bertz CT molecular complexity index is 442. The number of nitrogens with one attached hydrogen (secondary N) is 1. The summed E-state index contributed by atoms with van der Waals surface area (Å²) in [4.78, 5) is 24.5. The third kappa shape index (κ3) is 4.65. The maximum absolute atomic E-state index is 11.8. The van der Waals surface area contributed by atoms with Crippen LogP contribution in [0.1, 0.15) is 35.5 Å². The van der Waals surface area contributed by atoms with Crippen molar-refractivity contribution in [2.45, 2.75) is 26.7 Å². The predicted molar refractivity (Wildman–Crippen MR) is 74.8 cm³/mol. The van der Waals surface area contributed by atoms with Crippen molar-refractivity contribution in [2.75, 3.05) is 25.6 Å². The maximum Gasteiger partial charge on any atom is 0.341 e. The number of amides is 1. The Morgan fingerprint density at radius 1 is 1.37 bits per heavy atom. The van der Waals surface area contributed by atoms with Gasteiger partial charge in [0.25, 0.3) is 0 Å². The third-order valence-corrected chi connectivity index (χ3v) is 3.61. The first-order valence-corrected chi connectivity index (χ1v) is 7.02. The number of methoxy groups -OCH3 is 1. The molecular weight excluding hydrogens is 266 g/mol. The minimum absolute atomic E-state index is 0.170. The average molecular weight is 285 g/mol. The Kier molecular flexibility index (Phi) is 6.52. The fourth-order valence-corrected chi connectivity index (χ4v) is 2.45. The Hall–Kier alpha value is -1.40. The summed E-state index contributed by atoms with van der Waals surface area (Å²) in [5.41, 5.74) is 0.425. The van der Waals surface area contributed by atoms with Crippen molar-refractivity contribution >= 4 is 28.2 Å². The molecule has 0 aromatic carbocycles. The molecule has 106 valence electrons. The molecule has 19 heavy (non-hydrogen) atoms. The number of rotatable bonds is 7. The van der Waals surface area contributed by atoms with Crippen LogP contribution in [0.2, 0.25) is 0 Å². The van der Waals surface area contributed by atoms with E-state index < -0.39 is 5.97 Å². The molecule has 1 heterocycles. The zero-order valence-corrected chi connectivity index (χ0v) is 12.3. The summed E-state index contributed by atoms with van der Waals surface area (Å²) in [6.07, 6.45) is 1.07. The van der Waals surface area contributed by atoms with Crippen LogP contribution in [0.4, 0.5) is 5.00 Å². The van der Waals surface area contributed by atoms with Crippen LogP contribution in [0.3, 0.4) is 0 Å². The Labute approximate surface area is 116 Å². The molecule has 0 aliphatic heterocycles. The molecule has 0 aliphatic carbocycles. The summed E-state index contributed by atoms with van der Waals surface area (Å²) in [6.45, 7) is 4.42. The minimum Gasteiger partial charge on any atom is -0.462 e. The molecule has 0 saturated heterocycles. The number of esters is 1. The van der Waals surface area contributed by atoms with E-state index in [1.807, 2.05) is 6.92 Å². The number of hydrogen-bond acceptors (Lipinski definition) is 5. The van der Waals surface area contributed by atoms with Crippen molar-refractivity contribution < 1.29 is 19.1 Å². The van der Waals surface area contributed by atoms with E-state index in [4.69, 9.17) is 9.47 Å². The summed E-state index contributed by atoms with van der Waals surface area (Å²) in [7, 11) is 1.54. The highest BCUT2D eigenvalue weighted by atomic mass is 32.1. The standard InChI is InChI=1S/C13H19NO4S/c1-4-9-8-10(13(16)18-5-2)12(19-9)14-11(15)6-7-17-3/h8H,4-7H2,1-3H3,(H,14,15). The van der Waals surface area contributed by atoms with E-state index in [9.17, 15) is 9.59 Å². The Balaban J connectivity index is 2.82. The van der Waals surface area contributed by atoms with Gasteiger partial charge in [0.2, 0.25) is 5.91 Å². The van der Waals surface area contributed by atoms with Gasteiger partial charge >= 0.3 is 5.97 Å². The number of hydrogen-bond donors (Lipinski definition) is 1. The highest BCUT2D eigenvalue weighted by molar-refractivity contribution is 7.16. The number of anilines is 1. The number of carbonyl (C=O) groups excluding carboxylic acids is 2. The van der Waals surface area contributed by atoms with Gasteiger partial charge in [0.05, 0.1) is 25.2 Å². The first-order valence-electron chi connectivity index (χ1n) is 6.20. The van der Waals surface area contributed by atoms with E-state index in [2.05, 4.69) is 5.32 Å². The van der Waals surface area contributed by atoms with Gasteiger partial charge in [-0.15, -0.1) is 11.3 Å². The van der Waals surface area contributed by atoms with Crippen LogP contribution in [-0.4, -0.2) is 32.2 Å². The quantitative estimate of drug-likeness (QED) is 0.782. The summed E-state index contributed by atoms with van der Waals surface area (Å²) in [6, 6.07) is 1.77. The molecule has 0 atom stereocenters. The molecule has 0 unspecified atom stereocenters. The lowest BCUT2D eigenvalue weighted by molar-refractivity contribution is -0.117. The second kappa shape index (κ2) is 7.91. The molecule has 6 heteroatoms. The van der Waals surface area contributed by atoms with Crippen molar-refractivity contribution in [2.24, 2.45) is 0 Å². The summed E-state index contributed by atoms with van der Waals surface area (Å²) in [5, 5.41) is 3.29. The highest BCUT2D eigenvalue weighted by Gasteiger charge is 2.18. The van der Waals surface area contributed by atoms with Crippen LogP contribution >= 0.6 is 11.3 Å². The van der Waals surface area contributed by atoms with E-state index in [1.165, 1.54) is 18.4 Å². The van der Waals surface area contributed by atoms with Crippen molar-refractivity contribution in [3.8, 4) is 0 Å². The largest absolute Gasteiger partial charge is 0.462 e. The van der Waals surface area contributed by atoms with Crippen LogP contribution in [-0.2, 0) is 20.7 Å². The molecule has 5 nitrogen and oxygen atoms in total. The Morgan fingerprint density at radius 2 is 2.11 bits per heavy atom. The van der Waals surface area contributed by atoms with Gasteiger partial charge in [-0.1, -0.05) is 6.92 Å². The lowest BCUT2D eigenvalue weighted by Gasteiger charge is -2.05. The smallest absolute Gasteiger partial charge is 0.341 e. The van der Waals surface area contributed by atoms with Crippen LogP contribution in [0, 0.1) is 0 Å². The second-order valence-electron chi connectivity index (χ2n) is 3.82. The van der Waals surface area contributed by atoms with E-state index in [0.717, 1.165) is 11.3 Å². The first-order chi connectivity index (χ1) is 9.12. The molecule has 0 fully saturated rings. The van der Waals surface area contributed by atoms with Crippen molar-refractivity contribution in [1.82, 2.24) is 0 Å². The maximum atomic E-state index is 11.8.